The van der Waals surface area contributed by atoms with Crippen LogP contribution in [0.15, 0.2) is 23.1 Å². The number of benzene rings is 1. The zero-order valence-electron chi connectivity index (χ0n) is 12.4. The Morgan fingerprint density at radius 2 is 2.05 bits per heavy atom. The van der Waals surface area contributed by atoms with E-state index in [0.717, 1.165) is 24.2 Å². The van der Waals surface area contributed by atoms with Gasteiger partial charge in [-0.3, -0.25) is 0 Å². The summed E-state index contributed by atoms with van der Waals surface area (Å²) in [5.74, 6) is 1.46. The Hall–Kier alpha value is -1.07. The van der Waals surface area contributed by atoms with Crippen LogP contribution in [-0.2, 0) is 9.84 Å². The smallest absolute Gasteiger partial charge is 0.177 e. The Morgan fingerprint density at radius 1 is 1.38 bits per heavy atom. The molecule has 1 heterocycles. The molecule has 1 aromatic heterocycles. The summed E-state index contributed by atoms with van der Waals surface area (Å²) in [6.07, 6.45) is 3.40. The van der Waals surface area contributed by atoms with Gasteiger partial charge in [0, 0.05) is 12.3 Å². The quantitative estimate of drug-likeness (QED) is 0.808. The summed E-state index contributed by atoms with van der Waals surface area (Å²) in [7, 11) is -3.30. The van der Waals surface area contributed by atoms with Crippen molar-refractivity contribution in [2.75, 3.05) is 6.26 Å². The monoisotopic (exact) mass is 326 g/mol. The van der Waals surface area contributed by atoms with E-state index in [9.17, 15) is 8.42 Å². The minimum absolute atomic E-state index is 0.249. The molecule has 0 amide bonds. The lowest BCUT2D eigenvalue weighted by Gasteiger charge is -2.35. The lowest BCUT2D eigenvalue weighted by molar-refractivity contribution is 0.216. The van der Waals surface area contributed by atoms with Crippen LogP contribution < -0.4 is 0 Å². The van der Waals surface area contributed by atoms with E-state index in [1.807, 2.05) is 13.0 Å². The third-order valence-electron chi connectivity index (χ3n) is 4.18. The highest BCUT2D eigenvalue weighted by molar-refractivity contribution is 7.91. The van der Waals surface area contributed by atoms with Crippen molar-refractivity contribution in [1.29, 1.82) is 0 Å². The molecule has 114 valence electrons. The number of nitrogens with zero attached hydrogens (tertiary/aromatic N) is 2. The van der Waals surface area contributed by atoms with Gasteiger partial charge in [-0.2, -0.15) is 0 Å². The van der Waals surface area contributed by atoms with E-state index < -0.39 is 9.84 Å². The maximum Gasteiger partial charge on any atom is 0.177 e. The fraction of sp³-hybridized carbons (Fsp3) is 0.533. The van der Waals surface area contributed by atoms with Gasteiger partial charge >= 0.3 is 0 Å². The van der Waals surface area contributed by atoms with E-state index in [2.05, 4.69) is 16.5 Å². The Labute approximate surface area is 130 Å². The third-order valence-corrected chi connectivity index (χ3v) is 5.50. The average Bonchev–Trinajstić information content (AvgIpc) is 2.72. The van der Waals surface area contributed by atoms with E-state index in [0.29, 0.717) is 17.5 Å². The number of hydrogen-bond acceptors (Lipinski definition) is 3. The van der Waals surface area contributed by atoms with Gasteiger partial charge < -0.3 is 4.57 Å². The molecule has 4 nitrogen and oxygen atoms in total. The van der Waals surface area contributed by atoms with E-state index >= 15 is 0 Å². The van der Waals surface area contributed by atoms with E-state index in [1.165, 1.54) is 6.26 Å². The number of hydrogen-bond donors (Lipinski definition) is 0. The van der Waals surface area contributed by atoms with Crippen molar-refractivity contribution in [3.8, 4) is 0 Å². The molecule has 1 atom stereocenters. The number of sulfone groups is 1. The summed E-state index contributed by atoms with van der Waals surface area (Å²) in [5, 5.41) is -0.249. The van der Waals surface area contributed by atoms with Crippen molar-refractivity contribution in [3.05, 3.63) is 24.0 Å². The molecule has 1 fully saturated rings. The Morgan fingerprint density at radius 3 is 2.57 bits per heavy atom. The van der Waals surface area contributed by atoms with Crippen LogP contribution in [0.4, 0.5) is 0 Å². The molecule has 0 N–H and O–H groups in total. The molecule has 0 bridgehead atoms. The molecule has 1 unspecified atom stereocenters. The van der Waals surface area contributed by atoms with Gasteiger partial charge in [-0.1, -0.05) is 13.0 Å². The lowest BCUT2D eigenvalue weighted by atomic mass is 9.81. The summed E-state index contributed by atoms with van der Waals surface area (Å²) >= 11 is 6.28. The summed E-state index contributed by atoms with van der Waals surface area (Å²) < 4.78 is 26.1. The Kier molecular flexibility index (Phi) is 3.53. The molecule has 3 rings (SSSR count). The first-order valence-corrected chi connectivity index (χ1v) is 9.46. The van der Waals surface area contributed by atoms with Crippen LogP contribution in [0, 0.1) is 5.92 Å². The van der Waals surface area contributed by atoms with Gasteiger partial charge in [-0.05, 0) is 37.8 Å². The second kappa shape index (κ2) is 4.99. The zero-order valence-corrected chi connectivity index (χ0v) is 13.9. The predicted molar refractivity (Wildman–Crippen MR) is 84.5 cm³/mol. The van der Waals surface area contributed by atoms with Crippen molar-refractivity contribution < 1.29 is 8.42 Å². The van der Waals surface area contributed by atoms with Crippen molar-refractivity contribution in [2.24, 2.45) is 5.92 Å². The van der Waals surface area contributed by atoms with Crippen LogP contribution in [0.1, 0.15) is 43.9 Å². The SMILES string of the molecule is CC1CC(n2c(C(C)Cl)nc3c(S(C)(=O)=O)cccc32)C1. The predicted octanol–water partition coefficient (Wildman–Crippen LogP) is 3.71. The molecule has 6 heteroatoms. The second-order valence-electron chi connectivity index (χ2n) is 6.08. The van der Waals surface area contributed by atoms with Gasteiger partial charge in [-0.25, -0.2) is 13.4 Å². The van der Waals surface area contributed by atoms with Gasteiger partial charge in [-0.15, -0.1) is 11.6 Å². The number of para-hydroxylation sites is 1. The molecule has 2 aromatic rings. The van der Waals surface area contributed by atoms with Crippen molar-refractivity contribution >= 4 is 32.5 Å². The Balaban J connectivity index is 2.28. The first-order chi connectivity index (χ1) is 9.79. The number of halogens is 1. The first kappa shape index (κ1) is 14.9. The summed E-state index contributed by atoms with van der Waals surface area (Å²) in [6, 6.07) is 5.70. The number of imidazole rings is 1. The fourth-order valence-electron chi connectivity index (χ4n) is 3.14. The molecular formula is C15H19ClN2O2S. The van der Waals surface area contributed by atoms with Crippen LogP contribution in [0.25, 0.3) is 11.0 Å². The maximum atomic E-state index is 12.0. The molecule has 21 heavy (non-hydrogen) atoms. The van der Waals surface area contributed by atoms with Gasteiger partial charge in [0.15, 0.2) is 9.84 Å². The first-order valence-electron chi connectivity index (χ1n) is 7.14. The minimum atomic E-state index is -3.30. The van der Waals surface area contributed by atoms with Crippen LogP contribution in [0.2, 0.25) is 0 Å². The molecule has 1 aliphatic rings. The summed E-state index contributed by atoms with van der Waals surface area (Å²) in [4.78, 5) is 4.84. The van der Waals surface area contributed by atoms with Crippen LogP contribution in [-0.4, -0.2) is 24.2 Å². The topological polar surface area (TPSA) is 52.0 Å². The molecule has 1 aromatic carbocycles. The van der Waals surface area contributed by atoms with Crippen LogP contribution in [0.5, 0.6) is 0 Å². The molecule has 0 radical (unpaired) electrons. The number of alkyl halides is 1. The zero-order chi connectivity index (χ0) is 15.4. The van der Waals surface area contributed by atoms with Gasteiger partial charge in [0.25, 0.3) is 0 Å². The number of rotatable bonds is 3. The van der Waals surface area contributed by atoms with Crippen LogP contribution >= 0.6 is 11.6 Å². The van der Waals surface area contributed by atoms with E-state index in [-0.39, 0.29) is 10.3 Å². The van der Waals surface area contributed by atoms with Gasteiger partial charge in [0.1, 0.15) is 11.3 Å². The highest BCUT2D eigenvalue weighted by Gasteiger charge is 2.32. The van der Waals surface area contributed by atoms with E-state index in [1.54, 1.807) is 12.1 Å². The number of fused-ring (bicyclic) bond motifs is 1. The molecule has 1 saturated carbocycles. The van der Waals surface area contributed by atoms with Gasteiger partial charge in [0.05, 0.1) is 15.8 Å². The largest absolute Gasteiger partial charge is 0.324 e. The second-order valence-corrected chi connectivity index (χ2v) is 8.72. The maximum absolute atomic E-state index is 12.0. The highest BCUT2D eigenvalue weighted by Crippen LogP contribution is 2.42. The minimum Gasteiger partial charge on any atom is -0.324 e. The van der Waals surface area contributed by atoms with Gasteiger partial charge in [0.2, 0.25) is 0 Å². The molecule has 0 aliphatic heterocycles. The molecule has 1 aliphatic carbocycles. The van der Waals surface area contributed by atoms with E-state index in [4.69, 9.17) is 11.6 Å². The Bertz CT molecular complexity index is 789. The summed E-state index contributed by atoms with van der Waals surface area (Å²) in [6.45, 7) is 4.10. The normalized spacial score (nSPS) is 24.0. The third kappa shape index (κ3) is 2.46. The molecule has 0 saturated heterocycles. The van der Waals surface area contributed by atoms with Crippen molar-refractivity contribution in [3.63, 3.8) is 0 Å². The van der Waals surface area contributed by atoms with Crippen LogP contribution in [0.3, 0.4) is 0 Å². The van der Waals surface area contributed by atoms with Crippen molar-refractivity contribution in [1.82, 2.24) is 9.55 Å². The van der Waals surface area contributed by atoms with Crippen molar-refractivity contribution in [2.45, 2.75) is 43.0 Å². The molecule has 0 spiro atoms. The number of aromatic nitrogens is 2. The average molecular weight is 327 g/mol. The highest BCUT2D eigenvalue weighted by atomic mass is 35.5. The molecular weight excluding hydrogens is 308 g/mol. The fourth-order valence-corrected chi connectivity index (χ4v) is 4.12. The summed E-state index contributed by atoms with van der Waals surface area (Å²) in [5.41, 5.74) is 1.42. The standard InChI is InChI=1S/C15H19ClN2O2S/c1-9-7-11(8-9)18-12-5-4-6-13(21(3,19)20)14(12)17-15(18)10(2)16/h4-6,9-11H,7-8H2,1-3H3. The lowest BCUT2D eigenvalue weighted by Crippen LogP contribution is -2.26.